The van der Waals surface area contributed by atoms with Gasteiger partial charge in [-0.15, -0.1) is 0 Å². The number of benzene rings is 4. The number of para-hydroxylation sites is 2. The van der Waals surface area contributed by atoms with Gasteiger partial charge in [-0.05, 0) is 34.9 Å². The van der Waals surface area contributed by atoms with Gasteiger partial charge in [0.25, 0.3) is 0 Å². The maximum absolute atomic E-state index is 5.04. The van der Waals surface area contributed by atoms with Crippen LogP contribution in [0.5, 0.6) is 0 Å². The first-order valence-corrected chi connectivity index (χ1v) is 10.4. The van der Waals surface area contributed by atoms with Crippen LogP contribution < -0.4 is 0 Å². The van der Waals surface area contributed by atoms with Crippen molar-refractivity contribution in [3.8, 4) is 28.2 Å². The highest BCUT2D eigenvalue weighted by Crippen LogP contribution is 2.51. The second-order valence-corrected chi connectivity index (χ2v) is 8.50. The van der Waals surface area contributed by atoms with Gasteiger partial charge in [-0.1, -0.05) is 92.7 Å². The molecule has 0 saturated carbocycles. The maximum atomic E-state index is 5.04. The van der Waals surface area contributed by atoms with Crippen molar-refractivity contribution in [2.24, 2.45) is 0 Å². The predicted molar refractivity (Wildman–Crippen MR) is 124 cm³/mol. The van der Waals surface area contributed by atoms with Crippen molar-refractivity contribution >= 4 is 11.0 Å². The fraction of sp³-hybridized carbons (Fsp3) is 0.107. The Hall–Kier alpha value is -3.65. The van der Waals surface area contributed by atoms with Crippen molar-refractivity contribution in [1.82, 2.24) is 9.55 Å². The smallest absolute Gasteiger partial charge is 0.145 e. The molecule has 2 heteroatoms. The third kappa shape index (κ3) is 2.28. The Labute approximate surface area is 176 Å². The van der Waals surface area contributed by atoms with Crippen molar-refractivity contribution in [1.29, 1.82) is 0 Å². The summed E-state index contributed by atoms with van der Waals surface area (Å²) in [6.45, 7) is 4.65. The molecule has 0 spiro atoms. The highest BCUT2D eigenvalue weighted by Gasteiger charge is 2.37. The van der Waals surface area contributed by atoms with Crippen LogP contribution in [0.1, 0.15) is 25.0 Å². The monoisotopic (exact) mass is 386 g/mol. The van der Waals surface area contributed by atoms with Gasteiger partial charge in [-0.25, -0.2) is 4.98 Å². The van der Waals surface area contributed by atoms with Crippen LogP contribution in [0.25, 0.3) is 39.2 Å². The molecule has 0 radical (unpaired) electrons. The van der Waals surface area contributed by atoms with Crippen LogP contribution in [0.15, 0.2) is 97.1 Å². The molecule has 5 aromatic rings. The minimum Gasteiger partial charge on any atom is -0.292 e. The summed E-state index contributed by atoms with van der Waals surface area (Å²) in [4.78, 5) is 5.04. The Morgan fingerprint density at radius 3 is 2.23 bits per heavy atom. The van der Waals surface area contributed by atoms with Crippen LogP contribution in [0, 0.1) is 0 Å². The second-order valence-electron chi connectivity index (χ2n) is 8.50. The third-order valence-electron chi connectivity index (χ3n) is 6.42. The van der Waals surface area contributed by atoms with E-state index in [2.05, 4.69) is 115 Å². The molecular weight excluding hydrogens is 364 g/mol. The lowest BCUT2D eigenvalue weighted by Gasteiger charge is -2.22. The van der Waals surface area contributed by atoms with E-state index in [-0.39, 0.29) is 5.41 Å². The highest BCUT2D eigenvalue weighted by molar-refractivity contribution is 5.91. The van der Waals surface area contributed by atoms with Crippen molar-refractivity contribution in [3.63, 3.8) is 0 Å². The lowest BCUT2D eigenvalue weighted by molar-refractivity contribution is 0.660. The molecule has 2 nitrogen and oxygen atoms in total. The van der Waals surface area contributed by atoms with Gasteiger partial charge in [0.15, 0.2) is 0 Å². The molecular formula is C28H22N2. The number of hydrogen-bond acceptors (Lipinski definition) is 1. The molecule has 0 bridgehead atoms. The van der Waals surface area contributed by atoms with Crippen LogP contribution in [-0.4, -0.2) is 9.55 Å². The summed E-state index contributed by atoms with van der Waals surface area (Å²) in [5.74, 6) is 0.979. The van der Waals surface area contributed by atoms with E-state index in [0.29, 0.717) is 0 Å². The van der Waals surface area contributed by atoms with Gasteiger partial charge in [-0.3, -0.25) is 4.57 Å². The Bertz CT molecular complexity index is 1410. The molecule has 0 aliphatic heterocycles. The highest BCUT2D eigenvalue weighted by atomic mass is 15.1. The van der Waals surface area contributed by atoms with Crippen LogP contribution in [-0.2, 0) is 5.41 Å². The van der Waals surface area contributed by atoms with Gasteiger partial charge in [0, 0.05) is 16.5 Å². The largest absolute Gasteiger partial charge is 0.292 e. The van der Waals surface area contributed by atoms with Gasteiger partial charge in [0.2, 0.25) is 0 Å². The lowest BCUT2D eigenvalue weighted by atomic mass is 9.82. The molecule has 1 aliphatic rings. The van der Waals surface area contributed by atoms with E-state index in [0.717, 1.165) is 22.4 Å². The van der Waals surface area contributed by atoms with Gasteiger partial charge >= 0.3 is 0 Å². The SMILES string of the molecule is CC1(C)c2ccccc2-c2c(-n3c(-c4ccccc4)nc4ccccc43)cccc21. The average molecular weight is 386 g/mol. The first-order valence-electron chi connectivity index (χ1n) is 10.4. The summed E-state index contributed by atoms with van der Waals surface area (Å²) in [5, 5.41) is 0. The van der Waals surface area contributed by atoms with E-state index in [1.54, 1.807) is 0 Å². The average Bonchev–Trinajstić information content (AvgIpc) is 3.28. The lowest BCUT2D eigenvalue weighted by Crippen LogP contribution is -2.15. The molecule has 4 aromatic carbocycles. The van der Waals surface area contributed by atoms with E-state index in [1.807, 2.05) is 0 Å². The van der Waals surface area contributed by atoms with Crippen LogP contribution in [0.3, 0.4) is 0 Å². The fourth-order valence-corrected chi connectivity index (χ4v) is 4.97. The summed E-state index contributed by atoms with van der Waals surface area (Å²) in [6, 6.07) is 34.4. The number of fused-ring (bicyclic) bond motifs is 4. The summed E-state index contributed by atoms with van der Waals surface area (Å²) >= 11 is 0. The normalized spacial score (nSPS) is 13.9. The Morgan fingerprint density at radius 1 is 0.667 bits per heavy atom. The second kappa shape index (κ2) is 6.17. The molecule has 6 rings (SSSR count). The summed E-state index contributed by atoms with van der Waals surface area (Å²) in [5.41, 5.74) is 9.84. The molecule has 1 aliphatic carbocycles. The van der Waals surface area contributed by atoms with Crippen molar-refractivity contribution < 1.29 is 0 Å². The van der Waals surface area contributed by atoms with Gasteiger partial charge in [-0.2, -0.15) is 0 Å². The van der Waals surface area contributed by atoms with Crippen LogP contribution >= 0.6 is 0 Å². The molecule has 30 heavy (non-hydrogen) atoms. The van der Waals surface area contributed by atoms with Gasteiger partial charge in [0.05, 0.1) is 16.7 Å². The standard InChI is InChI=1S/C28H22N2/c1-28(2)21-14-7-6-13-20(21)26-22(28)15-10-18-25(26)30-24-17-9-8-16-23(24)29-27(30)19-11-4-3-5-12-19/h3-18H,1-2H3. The van der Waals surface area contributed by atoms with Crippen LogP contribution in [0.2, 0.25) is 0 Å². The summed E-state index contributed by atoms with van der Waals surface area (Å²) in [7, 11) is 0. The Morgan fingerprint density at radius 2 is 1.37 bits per heavy atom. The Kier molecular flexibility index (Phi) is 3.54. The zero-order chi connectivity index (χ0) is 20.3. The van der Waals surface area contributed by atoms with E-state index in [9.17, 15) is 0 Å². The van der Waals surface area contributed by atoms with E-state index in [4.69, 9.17) is 4.98 Å². The molecule has 0 N–H and O–H groups in total. The molecule has 0 atom stereocenters. The summed E-state index contributed by atoms with van der Waals surface area (Å²) in [6.07, 6.45) is 0. The first-order chi connectivity index (χ1) is 14.7. The van der Waals surface area contributed by atoms with Crippen molar-refractivity contribution in [2.75, 3.05) is 0 Å². The number of nitrogens with zero attached hydrogens (tertiary/aromatic N) is 2. The van der Waals surface area contributed by atoms with E-state index >= 15 is 0 Å². The summed E-state index contributed by atoms with van der Waals surface area (Å²) < 4.78 is 2.34. The number of imidazole rings is 1. The first kappa shape index (κ1) is 17.2. The maximum Gasteiger partial charge on any atom is 0.145 e. The minimum absolute atomic E-state index is 0.0226. The molecule has 0 amide bonds. The molecule has 0 saturated heterocycles. The molecule has 0 unspecified atom stereocenters. The number of hydrogen-bond donors (Lipinski definition) is 0. The molecule has 1 aromatic heterocycles. The number of aromatic nitrogens is 2. The zero-order valence-electron chi connectivity index (χ0n) is 17.1. The predicted octanol–water partition coefficient (Wildman–Crippen LogP) is 7.00. The van der Waals surface area contributed by atoms with Crippen LogP contribution in [0.4, 0.5) is 0 Å². The quantitative estimate of drug-likeness (QED) is 0.319. The molecule has 0 fully saturated rings. The van der Waals surface area contributed by atoms with Gasteiger partial charge < -0.3 is 0 Å². The minimum atomic E-state index is -0.0226. The fourth-order valence-electron chi connectivity index (χ4n) is 4.97. The molecule has 144 valence electrons. The topological polar surface area (TPSA) is 17.8 Å². The third-order valence-corrected chi connectivity index (χ3v) is 6.42. The van der Waals surface area contributed by atoms with Crippen molar-refractivity contribution in [3.05, 3.63) is 108 Å². The van der Waals surface area contributed by atoms with Crippen molar-refractivity contribution in [2.45, 2.75) is 19.3 Å². The van der Waals surface area contributed by atoms with E-state index < -0.39 is 0 Å². The Balaban J connectivity index is 1.74. The van der Waals surface area contributed by atoms with Gasteiger partial charge in [0.1, 0.15) is 5.82 Å². The molecule has 1 heterocycles. The van der Waals surface area contributed by atoms with E-state index in [1.165, 1.54) is 27.9 Å². The number of rotatable bonds is 2. The zero-order valence-corrected chi connectivity index (χ0v) is 17.1.